The lowest BCUT2D eigenvalue weighted by Gasteiger charge is -2.11. The number of aromatic nitrogens is 1. The van der Waals surface area contributed by atoms with Crippen LogP contribution in [0.1, 0.15) is 22.8 Å². The lowest BCUT2D eigenvalue weighted by Crippen LogP contribution is -2.11. The van der Waals surface area contributed by atoms with Crippen LogP contribution in [0.4, 0.5) is 17.1 Å². The highest BCUT2D eigenvalue weighted by molar-refractivity contribution is 6.04. The number of nitrogens with one attached hydrogen (secondary N) is 2. The first-order chi connectivity index (χ1) is 14.1. The van der Waals surface area contributed by atoms with Crippen molar-refractivity contribution in [2.45, 2.75) is 13.5 Å². The van der Waals surface area contributed by atoms with Crippen LogP contribution in [0, 0.1) is 10.1 Å². The standard InChI is InChI=1S/C21H20N4O4/c1-2-29-19-5-3-4-18(20(19)25(27)28)23-14-15-6-8-17(9-7-15)24-21(26)16-10-12-22-13-11-16/h3-13,23H,2,14H2,1H3,(H,24,26). The van der Waals surface area contributed by atoms with Crippen LogP contribution in [0.3, 0.4) is 0 Å². The number of anilines is 2. The summed E-state index contributed by atoms with van der Waals surface area (Å²) in [5.74, 6) is 0.0123. The summed E-state index contributed by atoms with van der Waals surface area (Å²) in [5, 5.41) is 17.3. The molecule has 2 aromatic carbocycles. The minimum absolute atomic E-state index is 0.0874. The van der Waals surface area contributed by atoms with Gasteiger partial charge >= 0.3 is 5.69 Å². The molecule has 1 amide bonds. The van der Waals surface area contributed by atoms with Gasteiger partial charge in [-0.2, -0.15) is 0 Å². The molecule has 0 radical (unpaired) electrons. The van der Waals surface area contributed by atoms with Crippen molar-refractivity contribution < 1.29 is 14.5 Å². The van der Waals surface area contributed by atoms with Crippen molar-refractivity contribution in [3.63, 3.8) is 0 Å². The van der Waals surface area contributed by atoms with Gasteiger partial charge < -0.3 is 15.4 Å². The van der Waals surface area contributed by atoms with E-state index in [4.69, 9.17) is 4.74 Å². The minimum atomic E-state index is -0.453. The smallest absolute Gasteiger partial charge is 0.333 e. The Morgan fingerprint density at radius 3 is 2.48 bits per heavy atom. The van der Waals surface area contributed by atoms with Crippen LogP contribution in [0.25, 0.3) is 0 Å². The Bertz CT molecular complexity index is 991. The number of nitro groups is 1. The molecular weight excluding hydrogens is 372 g/mol. The van der Waals surface area contributed by atoms with E-state index < -0.39 is 4.92 Å². The number of pyridine rings is 1. The predicted molar refractivity (Wildman–Crippen MR) is 110 cm³/mol. The van der Waals surface area contributed by atoms with E-state index in [9.17, 15) is 14.9 Å². The zero-order valence-electron chi connectivity index (χ0n) is 15.8. The molecule has 3 aromatic rings. The molecule has 148 valence electrons. The van der Waals surface area contributed by atoms with E-state index in [0.29, 0.717) is 30.1 Å². The zero-order chi connectivity index (χ0) is 20.6. The molecular formula is C21H20N4O4. The number of amides is 1. The number of hydrogen-bond acceptors (Lipinski definition) is 6. The van der Waals surface area contributed by atoms with E-state index in [1.807, 2.05) is 12.1 Å². The molecule has 0 bridgehead atoms. The maximum absolute atomic E-state index is 12.2. The van der Waals surface area contributed by atoms with E-state index in [0.717, 1.165) is 5.56 Å². The van der Waals surface area contributed by atoms with Crippen molar-refractivity contribution in [3.05, 3.63) is 88.2 Å². The maximum atomic E-state index is 12.2. The normalized spacial score (nSPS) is 10.2. The van der Waals surface area contributed by atoms with Crippen LogP contribution in [-0.2, 0) is 6.54 Å². The quantitative estimate of drug-likeness (QED) is 0.438. The number of hydrogen-bond donors (Lipinski definition) is 2. The highest BCUT2D eigenvalue weighted by atomic mass is 16.6. The first kappa shape index (κ1) is 19.8. The van der Waals surface area contributed by atoms with Crippen molar-refractivity contribution in [1.82, 2.24) is 4.98 Å². The average Bonchev–Trinajstić information content (AvgIpc) is 2.74. The second-order valence-corrected chi connectivity index (χ2v) is 6.08. The van der Waals surface area contributed by atoms with Crippen molar-refractivity contribution >= 4 is 23.0 Å². The Morgan fingerprint density at radius 1 is 1.10 bits per heavy atom. The van der Waals surface area contributed by atoms with Gasteiger partial charge in [0.25, 0.3) is 5.91 Å². The highest BCUT2D eigenvalue weighted by Gasteiger charge is 2.20. The zero-order valence-corrected chi connectivity index (χ0v) is 15.8. The van der Waals surface area contributed by atoms with Crippen molar-refractivity contribution in [2.24, 2.45) is 0 Å². The first-order valence-electron chi connectivity index (χ1n) is 9.03. The van der Waals surface area contributed by atoms with Crippen LogP contribution in [0.5, 0.6) is 5.75 Å². The summed E-state index contributed by atoms with van der Waals surface area (Å²) in [5.41, 5.74) is 2.38. The second-order valence-electron chi connectivity index (χ2n) is 6.08. The van der Waals surface area contributed by atoms with Gasteiger partial charge in [-0.15, -0.1) is 0 Å². The summed E-state index contributed by atoms with van der Waals surface area (Å²) < 4.78 is 5.35. The molecule has 2 N–H and O–H groups in total. The lowest BCUT2D eigenvalue weighted by molar-refractivity contribution is -0.384. The molecule has 0 saturated carbocycles. The van der Waals surface area contributed by atoms with Gasteiger partial charge in [-0.1, -0.05) is 18.2 Å². The molecule has 0 aliphatic rings. The number of nitro benzene ring substituents is 1. The Kier molecular flexibility index (Phi) is 6.36. The fourth-order valence-corrected chi connectivity index (χ4v) is 2.74. The molecule has 29 heavy (non-hydrogen) atoms. The van der Waals surface area contributed by atoms with E-state index >= 15 is 0 Å². The molecule has 0 spiro atoms. The highest BCUT2D eigenvalue weighted by Crippen LogP contribution is 2.35. The minimum Gasteiger partial charge on any atom is -0.487 e. The summed E-state index contributed by atoms with van der Waals surface area (Å²) in [6, 6.07) is 15.4. The monoisotopic (exact) mass is 392 g/mol. The van der Waals surface area contributed by atoms with Crippen LogP contribution in [0.2, 0.25) is 0 Å². The fourth-order valence-electron chi connectivity index (χ4n) is 2.74. The van der Waals surface area contributed by atoms with Crippen LogP contribution in [0.15, 0.2) is 67.0 Å². The third kappa shape index (κ3) is 5.07. The summed E-state index contributed by atoms with van der Waals surface area (Å²) in [4.78, 5) is 27.0. The molecule has 0 aliphatic carbocycles. The predicted octanol–water partition coefficient (Wildman–Crippen LogP) is 4.25. The first-order valence-corrected chi connectivity index (χ1v) is 9.03. The largest absolute Gasteiger partial charge is 0.487 e. The fraction of sp³-hybridized carbons (Fsp3) is 0.143. The second kappa shape index (κ2) is 9.32. The van der Waals surface area contributed by atoms with E-state index in [-0.39, 0.29) is 17.3 Å². The molecule has 0 atom stereocenters. The number of carbonyl (C=O) groups is 1. The molecule has 0 saturated heterocycles. The summed E-state index contributed by atoms with van der Waals surface area (Å²) in [6.45, 7) is 2.50. The number of carbonyl (C=O) groups excluding carboxylic acids is 1. The van der Waals surface area contributed by atoms with Crippen LogP contribution in [-0.4, -0.2) is 22.4 Å². The molecule has 8 nitrogen and oxygen atoms in total. The lowest BCUT2D eigenvalue weighted by atomic mass is 10.1. The Hall–Kier alpha value is -3.94. The molecule has 1 heterocycles. The Morgan fingerprint density at radius 2 is 1.83 bits per heavy atom. The number of para-hydroxylation sites is 1. The van der Waals surface area contributed by atoms with Gasteiger partial charge in [0.1, 0.15) is 5.69 Å². The van der Waals surface area contributed by atoms with Gasteiger partial charge in [-0.25, -0.2) is 0 Å². The number of nitrogens with zero attached hydrogens (tertiary/aromatic N) is 2. The van der Waals surface area contributed by atoms with Crippen molar-refractivity contribution in [2.75, 3.05) is 17.2 Å². The number of rotatable bonds is 8. The van der Waals surface area contributed by atoms with E-state index in [2.05, 4.69) is 15.6 Å². The molecule has 0 fully saturated rings. The van der Waals surface area contributed by atoms with Gasteiger partial charge in [-0.05, 0) is 48.9 Å². The van der Waals surface area contributed by atoms with Crippen LogP contribution >= 0.6 is 0 Å². The third-order valence-corrected chi connectivity index (χ3v) is 4.12. The Balaban J connectivity index is 1.66. The SMILES string of the molecule is CCOc1cccc(NCc2ccc(NC(=O)c3ccncc3)cc2)c1[N+](=O)[O-]. The van der Waals surface area contributed by atoms with Gasteiger partial charge in [0, 0.05) is 30.2 Å². The number of benzene rings is 2. The van der Waals surface area contributed by atoms with Gasteiger partial charge in [-0.3, -0.25) is 19.9 Å². The van der Waals surface area contributed by atoms with Crippen molar-refractivity contribution in [3.8, 4) is 5.75 Å². The molecule has 1 aromatic heterocycles. The molecule has 0 unspecified atom stereocenters. The number of ether oxygens (including phenoxy) is 1. The summed E-state index contributed by atoms with van der Waals surface area (Å²) in [6.07, 6.45) is 3.12. The Labute approximate surface area is 167 Å². The maximum Gasteiger partial charge on any atom is 0.333 e. The van der Waals surface area contributed by atoms with Gasteiger partial charge in [0.15, 0.2) is 5.75 Å². The molecule has 8 heteroatoms. The topological polar surface area (TPSA) is 106 Å². The van der Waals surface area contributed by atoms with Crippen LogP contribution < -0.4 is 15.4 Å². The average molecular weight is 392 g/mol. The summed E-state index contributed by atoms with van der Waals surface area (Å²) >= 11 is 0. The molecule has 3 rings (SSSR count). The van der Waals surface area contributed by atoms with E-state index in [1.54, 1.807) is 61.8 Å². The molecule has 0 aliphatic heterocycles. The summed E-state index contributed by atoms with van der Waals surface area (Å²) in [7, 11) is 0. The van der Waals surface area contributed by atoms with Gasteiger partial charge in [0.05, 0.1) is 11.5 Å². The van der Waals surface area contributed by atoms with E-state index in [1.165, 1.54) is 0 Å². The van der Waals surface area contributed by atoms with Gasteiger partial charge in [0.2, 0.25) is 0 Å². The third-order valence-electron chi connectivity index (χ3n) is 4.12. The van der Waals surface area contributed by atoms with Crippen molar-refractivity contribution in [1.29, 1.82) is 0 Å².